The number of rotatable bonds is 5. The number of carbonyl (C=O) groups excluding carboxylic acids is 1. The Kier molecular flexibility index (Phi) is 5.41. The van der Waals surface area contributed by atoms with E-state index in [4.69, 9.17) is 16.3 Å². The minimum Gasteiger partial charge on any atom is -0.489 e. The summed E-state index contributed by atoms with van der Waals surface area (Å²) in [6.45, 7) is 4.36. The lowest BCUT2D eigenvalue weighted by Gasteiger charge is -2.08. The Morgan fingerprint density at radius 3 is 2.76 bits per heavy atom. The Morgan fingerprint density at radius 1 is 1.16 bits per heavy atom. The Balaban J connectivity index is 1.62. The summed E-state index contributed by atoms with van der Waals surface area (Å²) in [6, 6.07) is 15.1. The molecule has 0 radical (unpaired) electrons. The average molecular weight is 372 g/mol. The monoisotopic (exact) mass is 371 g/mol. The molecule has 3 aromatic rings. The van der Waals surface area contributed by atoms with Gasteiger partial charge >= 0.3 is 0 Å². The number of hydrogen-bond donors (Lipinski definition) is 1. The highest BCUT2D eigenvalue weighted by molar-refractivity contribution is 7.12. The SMILES string of the molecule is Cc1cccc(NC(=O)c2cc(COc3ccc(Cl)cc3C)cs2)c1. The third-order valence-corrected chi connectivity index (χ3v) is 4.90. The third-order valence-electron chi connectivity index (χ3n) is 3.68. The van der Waals surface area contributed by atoms with Crippen LogP contribution in [0.3, 0.4) is 0 Å². The molecule has 25 heavy (non-hydrogen) atoms. The quantitative estimate of drug-likeness (QED) is 0.610. The van der Waals surface area contributed by atoms with Crippen LogP contribution in [0, 0.1) is 13.8 Å². The number of halogens is 1. The number of benzene rings is 2. The molecular formula is C20H18ClNO2S. The molecule has 5 heteroatoms. The number of hydrogen-bond acceptors (Lipinski definition) is 3. The van der Waals surface area contributed by atoms with E-state index in [-0.39, 0.29) is 5.91 Å². The summed E-state index contributed by atoms with van der Waals surface area (Å²) in [7, 11) is 0. The number of ether oxygens (including phenoxy) is 1. The zero-order chi connectivity index (χ0) is 17.8. The summed E-state index contributed by atoms with van der Waals surface area (Å²) < 4.78 is 5.82. The predicted octanol–water partition coefficient (Wildman–Crippen LogP) is 5.85. The number of carbonyl (C=O) groups is 1. The van der Waals surface area contributed by atoms with Crippen molar-refractivity contribution in [1.29, 1.82) is 0 Å². The van der Waals surface area contributed by atoms with Crippen molar-refractivity contribution in [2.45, 2.75) is 20.5 Å². The molecule has 0 aliphatic heterocycles. The number of anilines is 1. The molecule has 1 heterocycles. The van der Waals surface area contributed by atoms with Gasteiger partial charge in [0.2, 0.25) is 0 Å². The Hall–Kier alpha value is -2.30. The molecule has 0 aliphatic rings. The summed E-state index contributed by atoms with van der Waals surface area (Å²) in [5.41, 5.74) is 3.86. The van der Waals surface area contributed by atoms with Gasteiger partial charge in [-0.3, -0.25) is 4.79 Å². The van der Waals surface area contributed by atoms with Crippen LogP contribution in [0.4, 0.5) is 5.69 Å². The van der Waals surface area contributed by atoms with Gasteiger partial charge in [0.05, 0.1) is 4.88 Å². The number of aryl methyl sites for hydroxylation is 2. The molecule has 128 valence electrons. The second-order valence-electron chi connectivity index (χ2n) is 5.84. The maximum absolute atomic E-state index is 12.3. The van der Waals surface area contributed by atoms with E-state index in [1.807, 2.05) is 61.7 Å². The number of amides is 1. The van der Waals surface area contributed by atoms with Crippen molar-refractivity contribution in [1.82, 2.24) is 0 Å². The minimum absolute atomic E-state index is 0.107. The van der Waals surface area contributed by atoms with Crippen molar-refractivity contribution < 1.29 is 9.53 Å². The zero-order valence-corrected chi connectivity index (χ0v) is 15.6. The number of thiophene rings is 1. The van der Waals surface area contributed by atoms with E-state index in [0.717, 1.165) is 28.1 Å². The summed E-state index contributed by atoms with van der Waals surface area (Å²) in [6.07, 6.45) is 0. The van der Waals surface area contributed by atoms with E-state index in [0.29, 0.717) is 16.5 Å². The van der Waals surface area contributed by atoms with Crippen molar-refractivity contribution in [3.05, 3.63) is 80.5 Å². The van der Waals surface area contributed by atoms with E-state index < -0.39 is 0 Å². The highest BCUT2D eigenvalue weighted by Crippen LogP contribution is 2.24. The van der Waals surface area contributed by atoms with Crippen molar-refractivity contribution in [3.8, 4) is 5.75 Å². The standard InChI is InChI=1S/C20H18ClNO2S/c1-13-4-3-5-17(8-13)22-20(23)19-10-15(12-25-19)11-24-18-7-6-16(21)9-14(18)2/h3-10,12H,11H2,1-2H3,(H,22,23). The molecule has 0 fully saturated rings. The van der Waals surface area contributed by atoms with Crippen LogP contribution in [-0.4, -0.2) is 5.91 Å². The Labute approximate surface area is 156 Å². The third kappa shape index (κ3) is 4.62. The maximum Gasteiger partial charge on any atom is 0.265 e. The van der Waals surface area contributed by atoms with E-state index in [2.05, 4.69) is 5.32 Å². The minimum atomic E-state index is -0.107. The first-order chi connectivity index (χ1) is 12.0. The topological polar surface area (TPSA) is 38.3 Å². The van der Waals surface area contributed by atoms with Crippen LogP contribution in [0.25, 0.3) is 0 Å². The smallest absolute Gasteiger partial charge is 0.265 e. The van der Waals surface area contributed by atoms with Gasteiger partial charge in [-0.15, -0.1) is 11.3 Å². The second-order valence-corrected chi connectivity index (χ2v) is 7.19. The molecule has 1 aromatic heterocycles. The van der Waals surface area contributed by atoms with Gasteiger partial charge in [0.15, 0.2) is 0 Å². The van der Waals surface area contributed by atoms with Crippen LogP contribution in [0.5, 0.6) is 5.75 Å². The van der Waals surface area contributed by atoms with Gasteiger partial charge in [-0.25, -0.2) is 0 Å². The fourth-order valence-corrected chi connectivity index (χ4v) is 3.44. The fourth-order valence-electron chi connectivity index (χ4n) is 2.42. The Bertz CT molecular complexity index is 904. The van der Waals surface area contributed by atoms with Crippen LogP contribution in [0.2, 0.25) is 5.02 Å². The molecule has 0 aliphatic carbocycles. The van der Waals surface area contributed by atoms with Crippen LogP contribution in [-0.2, 0) is 6.61 Å². The second kappa shape index (κ2) is 7.72. The van der Waals surface area contributed by atoms with Gasteiger partial charge in [-0.2, -0.15) is 0 Å². The van der Waals surface area contributed by atoms with Gasteiger partial charge in [0.1, 0.15) is 12.4 Å². The van der Waals surface area contributed by atoms with Crippen LogP contribution >= 0.6 is 22.9 Å². The molecule has 0 unspecified atom stereocenters. The summed E-state index contributed by atoms with van der Waals surface area (Å²) in [5, 5.41) is 5.55. The average Bonchev–Trinajstić information content (AvgIpc) is 3.03. The molecule has 3 nitrogen and oxygen atoms in total. The first kappa shape index (κ1) is 17.5. The molecule has 0 saturated heterocycles. The van der Waals surface area contributed by atoms with Crippen molar-refractivity contribution >= 4 is 34.5 Å². The van der Waals surface area contributed by atoms with Crippen molar-refractivity contribution in [3.63, 3.8) is 0 Å². The summed E-state index contributed by atoms with van der Waals surface area (Å²) in [5.74, 6) is 0.686. The Morgan fingerprint density at radius 2 is 2.00 bits per heavy atom. The van der Waals surface area contributed by atoms with Gasteiger partial charge in [-0.05, 0) is 66.8 Å². The highest BCUT2D eigenvalue weighted by atomic mass is 35.5. The highest BCUT2D eigenvalue weighted by Gasteiger charge is 2.10. The maximum atomic E-state index is 12.3. The van der Waals surface area contributed by atoms with Crippen LogP contribution in [0.1, 0.15) is 26.4 Å². The van der Waals surface area contributed by atoms with E-state index in [9.17, 15) is 4.79 Å². The lowest BCUT2D eigenvalue weighted by atomic mass is 10.2. The lowest BCUT2D eigenvalue weighted by Crippen LogP contribution is -2.10. The molecule has 0 bridgehead atoms. The fraction of sp³-hybridized carbons (Fsp3) is 0.150. The first-order valence-electron chi connectivity index (χ1n) is 7.85. The van der Waals surface area contributed by atoms with E-state index in [1.54, 1.807) is 6.07 Å². The first-order valence-corrected chi connectivity index (χ1v) is 9.11. The molecule has 0 saturated carbocycles. The van der Waals surface area contributed by atoms with Crippen molar-refractivity contribution in [2.75, 3.05) is 5.32 Å². The van der Waals surface area contributed by atoms with Gasteiger partial charge in [0.25, 0.3) is 5.91 Å². The molecule has 1 N–H and O–H groups in total. The summed E-state index contributed by atoms with van der Waals surface area (Å²) in [4.78, 5) is 13.0. The van der Waals surface area contributed by atoms with Crippen molar-refractivity contribution in [2.24, 2.45) is 0 Å². The molecule has 2 aromatic carbocycles. The predicted molar refractivity (Wildman–Crippen MR) is 104 cm³/mol. The van der Waals surface area contributed by atoms with E-state index in [1.165, 1.54) is 11.3 Å². The zero-order valence-electron chi connectivity index (χ0n) is 14.0. The van der Waals surface area contributed by atoms with Gasteiger partial charge in [0, 0.05) is 16.3 Å². The lowest BCUT2D eigenvalue weighted by molar-refractivity contribution is 0.103. The largest absolute Gasteiger partial charge is 0.489 e. The van der Waals surface area contributed by atoms with Crippen LogP contribution < -0.4 is 10.1 Å². The molecule has 3 rings (SSSR count). The molecule has 0 spiro atoms. The normalized spacial score (nSPS) is 10.5. The molecule has 1 amide bonds. The molecular weight excluding hydrogens is 354 g/mol. The van der Waals surface area contributed by atoms with Gasteiger partial charge in [-0.1, -0.05) is 23.7 Å². The molecule has 0 atom stereocenters. The number of nitrogens with one attached hydrogen (secondary N) is 1. The van der Waals surface area contributed by atoms with Gasteiger partial charge < -0.3 is 10.1 Å². The summed E-state index contributed by atoms with van der Waals surface area (Å²) >= 11 is 7.36. The van der Waals surface area contributed by atoms with E-state index >= 15 is 0 Å². The van der Waals surface area contributed by atoms with Crippen LogP contribution in [0.15, 0.2) is 53.9 Å².